The molecular formula is C39H28. The predicted molar refractivity (Wildman–Crippen MR) is 164 cm³/mol. The van der Waals surface area contributed by atoms with Crippen LogP contribution >= 0.6 is 0 Å². The smallest absolute Gasteiger partial charge is 0.000750 e. The van der Waals surface area contributed by atoms with E-state index in [-0.39, 0.29) is 0 Å². The Bertz CT molecular complexity index is 1890. The van der Waals surface area contributed by atoms with E-state index in [0.717, 1.165) is 6.42 Å². The van der Waals surface area contributed by atoms with Crippen molar-refractivity contribution in [3.63, 3.8) is 0 Å². The molecule has 39 heavy (non-hydrogen) atoms. The molecule has 0 spiro atoms. The number of hydrogen-bond acceptors (Lipinski definition) is 0. The first-order valence-electron chi connectivity index (χ1n) is 13.6. The summed E-state index contributed by atoms with van der Waals surface area (Å²) in [6.45, 7) is 0. The maximum Gasteiger partial charge on any atom is -0.000750 e. The standard InChI is InChI=1S/C39H28/c1-3-13-28(14-4-1)29-23-25-31(26-24-29)38-27-32-17-7-8-19-34(32)39(37-22-12-10-20-35(37)38)36-21-11-9-18-33(36)30-15-5-2-6-16-30/h1-26H,27H2. The van der Waals surface area contributed by atoms with Crippen LogP contribution in [0, 0.1) is 0 Å². The summed E-state index contributed by atoms with van der Waals surface area (Å²) >= 11 is 0. The molecule has 0 N–H and O–H groups in total. The highest BCUT2D eigenvalue weighted by Gasteiger charge is 2.20. The molecule has 0 unspecified atom stereocenters. The average Bonchev–Trinajstić information content (AvgIpc) is 3.17. The van der Waals surface area contributed by atoms with Gasteiger partial charge < -0.3 is 0 Å². The van der Waals surface area contributed by atoms with E-state index in [4.69, 9.17) is 0 Å². The summed E-state index contributed by atoms with van der Waals surface area (Å²) in [4.78, 5) is 0. The van der Waals surface area contributed by atoms with Gasteiger partial charge in [-0.25, -0.2) is 0 Å². The molecule has 0 nitrogen and oxygen atoms in total. The first kappa shape index (κ1) is 23.2. The molecule has 1 aliphatic carbocycles. The maximum atomic E-state index is 2.30. The third-order valence-corrected chi connectivity index (χ3v) is 7.80. The summed E-state index contributed by atoms with van der Waals surface area (Å²) in [6.07, 6.45) is 0.884. The van der Waals surface area contributed by atoms with Gasteiger partial charge in [-0.05, 0) is 72.5 Å². The summed E-state index contributed by atoms with van der Waals surface area (Å²) < 4.78 is 0. The third kappa shape index (κ3) is 4.31. The highest BCUT2D eigenvalue weighted by Crippen LogP contribution is 2.35. The van der Waals surface area contributed by atoms with E-state index in [9.17, 15) is 0 Å². The Morgan fingerprint density at radius 2 is 0.795 bits per heavy atom. The summed E-state index contributed by atoms with van der Waals surface area (Å²) in [6, 6.07) is 57.2. The molecule has 0 fully saturated rings. The van der Waals surface area contributed by atoms with Gasteiger partial charge >= 0.3 is 0 Å². The van der Waals surface area contributed by atoms with Crippen molar-refractivity contribution in [2.45, 2.75) is 6.42 Å². The van der Waals surface area contributed by atoms with Crippen molar-refractivity contribution in [1.82, 2.24) is 0 Å². The Kier molecular flexibility index (Phi) is 6.00. The monoisotopic (exact) mass is 496 g/mol. The summed E-state index contributed by atoms with van der Waals surface area (Å²) in [5.74, 6) is 0. The van der Waals surface area contributed by atoms with E-state index in [1.807, 2.05) is 0 Å². The Morgan fingerprint density at radius 1 is 0.308 bits per heavy atom. The van der Waals surface area contributed by atoms with Crippen LogP contribution in [0.1, 0.15) is 22.3 Å². The zero-order chi connectivity index (χ0) is 26.0. The van der Waals surface area contributed by atoms with Crippen LogP contribution in [0.15, 0.2) is 158 Å². The maximum absolute atomic E-state index is 2.30. The van der Waals surface area contributed by atoms with Gasteiger partial charge in [0.25, 0.3) is 0 Å². The van der Waals surface area contributed by atoms with Gasteiger partial charge in [-0.1, -0.05) is 158 Å². The molecule has 0 heteroatoms. The molecule has 0 amide bonds. The Labute approximate surface area is 229 Å². The van der Waals surface area contributed by atoms with Crippen LogP contribution in [0.2, 0.25) is 0 Å². The van der Waals surface area contributed by atoms with Crippen molar-refractivity contribution in [3.8, 4) is 22.3 Å². The topological polar surface area (TPSA) is 0 Å². The van der Waals surface area contributed by atoms with Gasteiger partial charge in [0.15, 0.2) is 0 Å². The van der Waals surface area contributed by atoms with Gasteiger partial charge in [0.2, 0.25) is 0 Å². The van der Waals surface area contributed by atoms with Gasteiger partial charge in [0.05, 0.1) is 0 Å². The van der Waals surface area contributed by atoms with Crippen LogP contribution in [0.4, 0.5) is 0 Å². The minimum Gasteiger partial charge on any atom is -0.0622 e. The van der Waals surface area contributed by atoms with Gasteiger partial charge in [0, 0.05) is 0 Å². The van der Waals surface area contributed by atoms with Crippen LogP contribution in [-0.4, -0.2) is 0 Å². The quantitative estimate of drug-likeness (QED) is 0.232. The molecule has 0 atom stereocenters. The number of rotatable bonds is 4. The van der Waals surface area contributed by atoms with Crippen molar-refractivity contribution in [2.75, 3.05) is 0 Å². The first-order chi connectivity index (χ1) is 19.4. The van der Waals surface area contributed by atoms with Crippen LogP contribution < -0.4 is 10.4 Å². The lowest BCUT2D eigenvalue weighted by Gasteiger charge is -2.16. The fourth-order valence-electron chi connectivity index (χ4n) is 5.93. The SMILES string of the molecule is c1ccc(-c2ccc(C3=c4ccccc4=C(c4ccccc4-c4ccccc4)c4ccccc4C3)cc2)cc1. The Hall–Kier alpha value is -4.94. The molecule has 0 saturated heterocycles. The largest absolute Gasteiger partial charge is 0.0622 e. The van der Waals surface area contributed by atoms with Crippen molar-refractivity contribution in [3.05, 3.63) is 190 Å². The molecule has 6 aromatic carbocycles. The third-order valence-electron chi connectivity index (χ3n) is 7.80. The molecular weight excluding hydrogens is 468 g/mol. The van der Waals surface area contributed by atoms with Crippen molar-refractivity contribution >= 4 is 11.1 Å². The molecule has 0 heterocycles. The molecule has 0 bridgehead atoms. The highest BCUT2D eigenvalue weighted by molar-refractivity contribution is 5.91. The second kappa shape index (κ2) is 10.1. The second-order valence-corrected chi connectivity index (χ2v) is 10.1. The average molecular weight is 497 g/mol. The molecule has 184 valence electrons. The lowest BCUT2D eigenvalue weighted by atomic mass is 9.87. The molecule has 1 aliphatic rings. The van der Waals surface area contributed by atoms with Crippen LogP contribution in [0.5, 0.6) is 0 Å². The molecule has 0 aliphatic heterocycles. The van der Waals surface area contributed by atoms with Crippen molar-refractivity contribution < 1.29 is 0 Å². The van der Waals surface area contributed by atoms with E-state index >= 15 is 0 Å². The summed E-state index contributed by atoms with van der Waals surface area (Å²) in [7, 11) is 0. The van der Waals surface area contributed by atoms with Crippen molar-refractivity contribution in [1.29, 1.82) is 0 Å². The van der Waals surface area contributed by atoms with Gasteiger partial charge in [-0.15, -0.1) is 0 Å². The lowest BCUT2D eigenvalue weighted by Crippen LogP contribution is -2.29. The number of benzene rings is 6. The van der Waals surface area contributed by atoms with E-state index in [2.05, 4.69) is 158 Å². The second-order valence-electron chi connectivity index (χ2n) is 10.1. The minimum absolute atomic E-state index is 0.884. The van der Waals surface area contributed by atoms with E-state index in [1.54, 1.807) is 0 Å². The molecule has 0 saturated carbocycles. The van der Waals surface area contributed by atoms with E-state index in [0.29, 0.717) is 0 Å². The normalized spacial score (nSPS) is 12.4. The van der Waals surface area contributed by atoms with E-state index in [1.165, 1.54) is 66.1 Å². The van der Waals surface area contributed by atoms with Crippen molar-refractivity contribution in [2.24, 2.45) is 0 Å². The fraction of sp³-hybridized carbons (Fsp3) is 0.0256. The highest BCUT2D eigenvalue weighted by atomic mass is 14.2. The molecule has 0 aromatic heterocycles. The van der Waals surface area contributed by atoms with Gasteiger partial charge in [-0.3, -0.25) is 0 Å². The zero-order valence-electron chi connectivity index (χ0n) is 21.7. The Balaban J connectivity index is 1.52. The summed E-state index contributed by atoms with van der Waals surface area (Å²) in [5.41, 5.74) is 12.9. The predicted octanol–water partition coefficient (Wildman–Crippen LogP) is 8.02. The van der Waals surface area contributed by atoms with E-state index < -0.39 is 0 Å². The van der Waals surface area contributed by atoms with Gasteiger partial charge in [0.1, 0.15) is 0 Å². The summed E-state index contributed by atoms with van der Waals surface area (Å²) in [5, 5.41) is 2.59. The minimum atomic E-state index is 0.884. The Morgan fingerprint density at radius 3 is 1.51 bits per heavy atom. The molecule has 0 radical (unpaired) electrons. The van der Waals surface area contributed by atoms with Crippen LogP contribution in [-0.2, 0) is 6.42 Å². The zero-order valence-corrected chi connectivity index (χ0v) is 21.7. The van der Waals surface area contributed by atoms with Crippen LogP contribution in [0.3, 0.4) is 0 Å². The number of fused-ring (bicyclic) bond motifs is 2. The lowest BCUT2D eigenvalue weighted by molar-refractivity contribution is 1.25. The molecule has 7 rings (SSSR count). The molecule has 6 aromatic rings. The first-order valence-corrected chi connectivity index (χ1v) is 13.6. The fourth-order valence-corrected chi connectivity index (χ4v) is 5.93. The number of hydrogen-bond donors (Lipinski definition) is 0. The van der Waals surface area contributed by atoms with Gasteiger partial charge in [-0.2, -0.15) is 0 Å². The van der Waals surface area contributed by atoms with Crippen LogP contribution in [0.25, 0.3) is 33.4 Å².